The van der Waals surface area contributed by atoms with Crippen LogP contribution in [-0.4, -0.2) is 30.9 Å². The van der Waals surface area contributed by atoms with E-state index in [1.807, 2.05) is 62.4 Å². The summed E-state index contributed by atoms with van der Waals surface area (Å²) in [6.45, 7) is 3.63. The van der Waals surface area contributed by atoms with E-state index >= 15 is 0 Å². The average molecular weight is 368 g/mol. The van der Waals surface area contributed by atoms with Crippen LogP contribution in [0, 0.1) is 13.8 Å². The molecule has 6 heteroatoms. The average Bonchev–Trinajstić information content (AvgIpc) is 2.64. The topological polar surface area (TPSA) is 84.5 Å². The second-order valence-electron chi connectivity index (χ2n) is 6.29. The Bertz CT molecular complexity index is 803. The molecule has 0 aliphatic carbocycles. The van der Waals surface area contributed by atoms with Gasteiger partial charge in [-0.25, -0.2) is 0 Å². The number of anilines is 1. The van der Waals surface area contributed by atoms with E-state index in [2.05, 4.69) is 10.6 Å². The Morgan fingerprint density at radius 2 is 1.70 bits per heavy atom. The third-order valence-corrected chi connectivity index (χ3v) is 3.89. The predicted molar refractivity (Wildman–Crippen MR) is 103 cm³/mol. The molecular formula is C21H24N2O4. The number of amides is 2. The molecule has 0 unspecified atom stereocenters. The van der Waals surface area contributed by atoms with Gasteiger partial charge in [-0.05, 0) is 36.6 Å². The summed E-state index contributed by atoms with van der Waals surface area (Å²) in [6.07, 6.45) is 0.269. The quantitative estimate of drug-likeness (QED) is 0.701. The maximum absolute atomic E-state index is 11.9. The zero-order valence-electron chi connectivity index (χ0n) is 15.6. The molecule has 0 spiro atoms. The van der Waals surface area contributed by atoms with Gasteiger partial charge in [0.05, 0.1) is 12.8 Å². The van der Waals surface area contributed by atoms with Crippen LogP contribution >= 0.6 is 0 Å². The summed E-state index contributed by atoms with van der Waals surface area (Å²) in [6, 6.07) is 15.1. The van der Waals surface area contributed by atoms with Gasteiger partial charge in [0.1, 0.15) is 0 Å². The first-order valence-electron chi connectivity index (χ1n) is 8.77. The van der Waals surface area contributed by atoms with Gasteiger partial charge in [0.15, 0.2) is 6.61 Å². The molecule has 2 aromatic carbocycles. The molecule has 27 heavy (non-hydrogen) atoms. The van der Waals surface area contributed by atoms with Gasteiger partial charge in [0.2, 0.25) is 5.91 Å². The molecule has 0 saturated heterocycles. The van der Waals surface area contributed by atoms with Crippen LogP contribution in [0.4, 0.5) is 5.69 Å². The van der Waals surface area contributed by atoms with E-state index in [9.17, 15) is 14.4 Å². The van der Waals surface area contributed by atoms with Crippen molar-refractivity contribution in [1.29, 1.82) is 0 Å². The molecule has 2 rings (SSSR count). The first-order valence-corrected chi connectivity index (χ1v) is 8.77. The number of hydrogen-bond donors (Lipinski definition) is 2. The second-order valence-corrected chi connectivity index (χ2v) is 6.29. The summed E-state index contributed by atoms with van der Waals surface area (Å²) in [7, 11) is 0. The standard InChI is InChI=1S/C21H24N2O4/c1-15-8-9-16(2)18(12-15)23-20(25)14-27-21(26)10-11-22-19(24)13-17-6-4-3-5-7-17/h3-9,12H,10-11,13-14H2,1-2H3,(H,22,24)(H,23,25). The van der Waals surface area contributed by atoms with Crippen molar-refractivity contribution in [3.63, 3.8) is 0 Å². The van der Waals surface area contributed by atoms with E-state index in [4.69, 9.17) is 4.74 Å². The van der Waals surface area contributed by atoms with Crippen LogP contribution in [0.25, 0.3) is 0 Å². The molecule has 6 nitrogen and oxygen atoms in total. The van der Waals surface area contributed by atoms with Crippen LogP contribution in [-0.2, 0) is 25.5 Å². The molecule has 142 valence electrons. The molecule has 0 saturated carbocycles. The van der Waals surface area contributed by atoms with E-state index < -0.39 is 11.9 Å². The Labute approximate surface area is 158 Å². The number of rotatable bonds is 8. The predicted octanol–water partition coefficient (Wildman–Crippen LogP) is 2.53. The summed E-state index contributed by atoms with van der Waals surface area (Å²) in [4.78, 5) is 35.4. The molecule has 0 radical (unpaired) electrons. The van der Waals surface area contributed by atoms with Gasteiger partial charge in [-0.2, -0.15) is 0 Å². The van der Waals surface area contributed by atoms with Crippen molar-refractivity contribution in [2.45, 2.75) is 26.7 Å². The van der Waals surface area contributed by atoms with Crippen LogP contribution in [0.15, 0.2) is 48.5 Å². The maximum atomic E-state index is 11.9. The fourth-order valence-corrected chi connectivity index (χ4v) is 2.42. The van der Waals surface area contributed by atoms with Crippen molar-refractivity contribution >= 4 is 23.5 Å². The summed E-state index contributed by atoms with van der Waals surface area (Å²) in [5.41, 5.74) is 3.56. The van der Waals surface area contributed by atoms with E-state index in [0.717, 1.165) is 16.7 Å². The van der Waals surface area contributed by atoms with Crippen LogP contribution in [0.1, 0.15) is 23.1 Å². The molecule has 0 fully saturated rings. The van der Waals surface area contributed by atoms with E-state index in [1.54, 1.807) is 0 Å². The largest absolute Gasteiger partial charge is 0.456 e. The zero-order valence-corrected chi connectivity index (χ0v) is 15.6. The number of ether oxygens (including phenoxy) is 1. The van der Waals surface area contributed by atoms with Crippen molar-refractivity contribution in [1.82, 2.24) is 5.32 Å². The molecule has 0 aliphatic rings. The van der Waals surface area contributed by atoms with Gasteiger partial charge < -0.3 is 15.4 Å². The summed E-state index contributed by atoms with van der Waals surface area (Å²) in [5, 5.41) is 5.39. The van der Waals surface area contributed by atoms with Gasteiger partial charge in [-0.1, -0.05) is 42.5 Å². The molecule has 0 aliphatic heterocycles. The summed E-state index contributed by atoms with van der Waals surface area (Å²) in [5.74, 6) is -1.10. The Kier molecular flexibility index (Phi) is 7.55. The highest BCUT2D eigenvalue weighted by atomic mass is 16.5. The highest BCUT2D eigenvalue weighted by Gasteiger charge is 2.10. The number of aryl methyl sites for hydroxylation is 2. The lowest BCUT2D eigenvalue weighted by atomic mass is 10.1. The SMILES string of the molecule is Cc1ccc(C)c(NC(=O)COC(=O)CCNC(=O)Cc2ccccc2)c1. The minimum absolute atomic E-state index is 0.0112. The second kappa shape index (κ2) is 10.1. The third-order valence-electron chi connectivity index (χ3n) is 3.89. The van der Waals surface area contributed by atoms with E-state index in [-0.39, 0.29) is 31.9 Å². The highest BCUT2D eigenvalue weighted by molar-refractivity contribution is 5.93. The molecule has 0 aromatic heterocycles. The van der Waals surface area contributed by atoms with Gasteiger partial charge in [-0.3, -0.25) is 14.4 Å². The molecule has 0 atom stereocenters. The normalized spacial score (nSPS) is 10.1. The summed E-state index contributed by atoms with van der Waals surface area (Å²) < 4.78 is 4.94. The van der Waals surface area contributed by atoms with Crippen LogP contribution < -0.4 is 10.6 Å². The highest BCUT2D eigenvalue weighted by Crippen LogP contribution is 2.16. The van der Waals surface area contributed by atoms with E-state index in [0.29, 0.717) is 5.69 Å². The van der Waals surface area contributed by atoms with Gasteiger partial charge in [-0.15, -0.1) is 0 Å². The van der Waals surface area contributed by atoms with Crippen molar-refractivity contribution in [3.8, 4) is 0 Å². The first kappa shape index (κ1) is 20.2. The summed E-state index contributed by atoms with van der Waals surface area (Å²) >= 11 is 0. The maximum Gasteiger partial charge on any atom is 0.308 e. The molecule has 0 heterocycles. The molecule has 2 aromatic rings. The van der Waals surface area contributed by atoms with Gasteiger partial charge >= 0.3 is 5.97 Å². The molecule has 0 bridgehead atoms. The van der Waals surface area contributed by atoms with Crippen LogP contribution in [0.2, 0.25) is 0 Å². The Hall–Kier alpha value is -3.15. The number of hydrogen-bond acceptors (Lipinski definition) is 4. The number of carbonyl (C=O) groups is 3. The smallest absolute Gasteiger partial charge is 0.308 e. The molecule has 2 amide bonds. The zero-order chi connectivity index (χ0) is 19.6. The monoisotopic (exact) mass is 368 g/mol. The van der Waals surface area contributed by atoms with Crippen molar-refractivity contribution in [3.05, 3.63) is 65.2 Å². The Morgan fingerprint density at radius 3 is 2.44 bits per heavy atom. The minimum Gasteiger partial charge on any atom is -0.456 e. The number of nitrogens with one attached hydrogen (secondary N) is 2. The number of esters is 1. The van der Waals surface area contributed by atoms with Crippen molar-refractivity contribution in [2.75, 3.05) is 18.5 Å². The fraction of sp³-hybridized carbons (Fsp3) is 0.286. The third kappa shape index (κ3) is 7.32. The van der Waals surface area contributed by atoms with Crippen molar-refractivity contribution in [2.24, 2.45) is 0 Å². The lowest BCUT2D eigenvalue weighted by Crippen LogP contribution is -2.28. The fourth-order valence-electron chi connectivity index (χ4n) is 2.42. The minimum atomic E-state index is -0.536. The van der Waals surface area contributed by atoms with Crippen LogP contribution in [0.5, 0.6) is 0 Å². The van der Waals surface area contributed by atoms with Crippen LogP contribution in [0.3, 0.4) is 0 Å². The number of carbonyl (C=O) groups excluding carboxylic acids is 3. The Morgan fingerprint density at radius 1 is 0.963 bits per heavy atom. The van der Waals surface area contributed by atoms with E-state index in [1.165, 1.54) is 0 Å². The van der Waals surface area contributed by atoms with Gasteiger partial charge in [0, 0.05) is 12.2 Å². The lowest BCUT2D eigenvalue weighted by molar-refractivity contribution is -0.147. The number of benzene rings is 2. The molecule has 2 N–H and O–H groups in total. The Balaban J connectivity index is 1.65. The first-order chi connectivity index (χ1) is 12.9. The molecular weight excluding hydrogens is 344 g/mol. The van der Waals surface area contributed by atoms with Gasteiger partial charge in [0.25, 0.3) is 5.91 Å². The lowest BCUT2D eigenvalue weighted by Gasteiger charge is -2.10. The van der Waals surface area contributed by atoms with Crippen molar-refractivity contribution < 1.29 is 19.1 Å².